The first-order valence-corrected chi connectivity index (χ1v) is 7.63. The minimum absolute atomic E-state index is 0.196. The third kappa shape index (κ3) is 3.75. The molecule has 4 nitrogen and oxygen atoms in total. The molecule has 0 bridgehead atoms. The van der Waals surface area contributed by atoms with Gasteiger partial charge < -0.3 is 9.47 Å². The van der Waals surface area contributed by atoms with E-state index in [2.05, 4.69) is 6.58 Å². The number of carbonyl (C=O) groups is 2. The molecule has 118 valence electrons. The van der Waals surface area contributed by atoms with Crippen molar-refractivity contribution in [2.75, 3.05) is 13.2 Å². The fourth-order valence-corrected chi connectivity index (χ4v) is 2.63. The predicted molar refractivity (Wildman–Crippen MR) is 84.0 cm³/mol. The topological polar surface area (TPSA) is 52.6 Å². The van der Waals surface area contributed by atoms with Crippen molar-refractivity contribution in [1.82, 2.24) is 0 Å². The van der Waals surface area contributed by atoms with E-state index in [1.54, 1.807) is 6.92 Å². The maximum absolute atomic E-state index is 12.3. The summed E-state index contributed by atoms with van der Waals surface area (Å²) >= 11 is 0. The van der Waals surface area contributed by atoms with Crippen LogP contribution in [0.2, 0.25) is 0 Å². The number of esters is 1. The molecule has 1 aromatic rings. The van der Waals surface area contributed by atoms with Gasteiger partial charge in [-0.2, -0.15) is 0 Å². The van der Waals surface area contributed by atoms with Gasteiger partial charge in [0, 0.05) is 18.4 Å². The normalized spacial score (nSPS) is 16.9. The largest absolute Gasteiger partial charge is 0.492 e. The Kier molecular flexibility index (Phi) is 5.36. The fraction of sp³-hybridized carbons (Fsp3) is 0.444. The van der Waals surface area contributed by atoms with Gasteiger partial charge >= 0.3 is 5.97 Å². The minimum atomic E-state index is -0.734. The molecule has 0 unspecified atom stereocenters. The van der Waals surface area contributed by atoms with E-state index in [0.29, 0.717) is 38.0 Å². The molecule has 1 aliphatic rings. The Labute approximate surface area is 131 Å². The summed E-state index contributed by atoms with van der Waals surface area (Å²) in [6, 6.07) is 9.55. The summed E-state index contributed by atoms with van der Waals surface area (Å²) in [6.45, 7) is 6.23. The molecule has 22 heavy (non-hydrogen) atoms. The summed E-state index contributed by atoms with van der Waals surface area (Å²) in [5, 5.41) is 0. The number of ketones is 1. The van der Waals surface area contributed by atoms with Crippen molar-refractivity contribution in [2.24, 2.45) is 5.41 Å². The molecule has 1 aromatic carbocycles. The molecule has 0 N–H and O–H groups in total. The number of ether oxygens (including phenoxy) is 2. The minimum Gasteiger partial charge on any atom is -0.492 e. The lowest BCUT2D eigenvalue weighted by Gasteiger charge is -2.34. The van der Waals surface area contributed by atoms with E-state index in [-0.39, 0.29) is 18.4 Å². The number of Topliss-reactive ketones (excluding diaryl/α,β-unsaturated/α-hetero) is 1. The lowest BCUT2D eigenvalue weighted by molar-refractivity contribution is -0.161. The number of rotatable bonds is 6. The number of hydrogen-bond acceptors (Lipinski definition) is 4. The highest BCUT2D eigenvalue weighted by Gasteiger charge is 2.43. The van der Waals surface area contributed by atoms with Crippen LogP contribution in [0.3, 0.4) is 0 Å². The van der Waals surface area contributed by atoms with Gasteiger partial charge in [0.1, 0.15) is 23.6 Å². The molecule has 0 radical (unpaired) electrons. The Balaban J connectivity index is 2.05. The van der Waals surface area contributed by atoms with Crippen molar-refractivity contribution >= 4 is 17.5 Å². The van der Waals surface area contributed by atoms with E-state index in [9.17, 15) is 9.59 Å². The molecule has 0 spiro atoms. The summed E-state index contributed by atoms with van der Waals surface area (Å²) < 4.78 is 11.0. The highest BCUT2D eigenvalue weighted by molar-refractivity contribution is 5.84. The predicted octanol–water partition coefficient (Wildman–Crippen LogP) is 3.37. The summed E-state index contributed by atoms with van der Waals surface area (Å²) in [4.78, 5) is 23.8. The number of hydrogen-bond donors (Lipinski definition) is 0. The van der Waals surface area contributed by atoms with Gasteiger partial charge in [-0.25, -0.2) is 0 Å². The standard InChI is InChI=1S/C18H22O4/c1-3-21-17(20)18(11-9-16(19)10-12-18)13-22-14(2)15-7-5-4-6-8-15/h4-8H,2-3,9-13H2,1H3. The highest BCUT2D eigenvalue weighted by Crippen LogP contribution is 2.37. The van der Waals surface area contributed by atoms with Crippen LogP contribution in [0.1, 0.15) is 38.2 Å². The van der Waals surface area contributed by atoms with Crippen LogP contribution in [0.25, 0.3) is 5.76 Å². The zero-order valence-corrected chi connectivity index (χ0v) is 13.0. The van der Waals surface area contributed by atoms with Gasteiger partial charge in [-0.05, 0) is 19.8 Å². The maximum Gasteiger partial charge on any atom is 0.315 e. The Morgan fingerprint density at radius 3 is 2.41 bits per heavy atom. The second kappa shape index (κ2) is 7.25. The monoisotopic (exact) mass is 302 g/mol. The summed E-state index contributed by atoms with van der Waals surface area (Å²) in [5.74, 6) is 0.450. The van der Waals surface area contributed by atoms with Gasteiger partial charge in [0.15, 0.2) is 0 Å². The molecular weight excluding hydrogens is 280 g/mol. The van der Waals surface area contributed by atoms with E-state index < -0.39 is 5.41 Å². The van der Waals surface area contributed by atoms with Gasteiger partial charge in [0.2, 0.25) is 0 Å². The Morgan fingerprint density at radius 1 is 1.18 bits per heavy atom. The third-order valence-corrected chi connectivity index (χ3v) is 4.09. The summed E-state index contributed by atoms with van der Waals surface area (Å²) in [5.41, 5.74) is 0.148. The molecular formula is C18H22O4. The van der Waals surface area contributed by atoms with Gasteiger partial charge in [-0.1, -0.05) is 36.9 Å². The van der Waals surface area contributed by atoms with Crippen LogP contribution in [-0.4, -0.2) is 25.0 Å². The molecule has 0 heterocycles. The molecule has 0 aromatic heterocycles. The first kappa shape index (κ1) is 16.3. The SMILES string of the molecule is C=C(OCC1(C(=O)OCC)CCC(=O)CC1)c1ccccc1. The zero-order chi connectivity index (χ0) is 16.0. The van der Waals surface area contributed by atoms with Gasteiger partial charge in [0.05, 0.1) is 6.61 Å². The number of benzene rings is 1. The van der Waals surface area contributed by atoms with E-state index in [4.69, 9.17) is 9.47 Å². The first-order chi connectivity index (χ1) is 10.6. The van der Waals surface area contributed by atoms with Gasteiger partial charge in [-0.15, -0.1) is 0 Å². The molecule has 1 saturated carbocycles. The molecule has 1 fully saturated rings. The van der Waals surface area contributed by atoms with Crippen LogP contribution in [0.15, 0.2) is 36.9 Å². The molecule has 2 rings (SSSR count). The average molecular weight is 302 g/mol. The molecule has 4 heteroatoms. The quantitative estimate of drug-likeness (QED) is 0.597. The molecule has 0 aliphatic heterocycles. The lowest BCUT2D eigenvalue weighted by Crippen LogP contribution is -2.41. The average Bonchev–Trinajstić information content (AvgIpc) is 2.55. The van der Waals surface area contributed by atoms with Crippen molar-refractivity contribution in [3.63, 3.8) is 0 Å². The van der Waals surface area contributed by atoms with E-state index in [1.807, 2.05) is 30.3 Å². The zero-order valence-electron chi connectivity index (χ0n) is 13.0. The fourth-order valence-electron chi connectivity index (χ4n) is 2.63. The number of carbonyl (C=O) groups excluding carboxylic acids is 2. The van der Waals surface area contributed by atoms with Gasteiger partial charge in [0.25, 0.3) is 0 Å². The van der Waals surface area contributed by atoms with Crippen LogP contribution >= 0.6 is 0 Å². The van der Waals surface area contributed by atoms with Crippen molar-refractivity contribution < 1.29 is 19.1 Å². The van der Waals surface area contributed by atoms with Gasteiger partial charge in [-0.3, -0.25) is 9.59 Å². The Morgan fingerprint density at radius 2 is 1.82 bits per heavy atom. The Bertz CT molecular complexity index is 537. The van der Waals surface area contributed by atoms with Crippen LogP contribution in [0, 0.1) is 5.41 Å². The summed E-state index contributed by atoms with van der Waals surface area (Å²) in [6.07, 6.45) is 1.76. The van der Waals surface area contributed by atoms with E-state index >= 15 is 0 Å². The van der Waals surface area contributed by atoms with Crippen LogP contribution < -0.4 is 0 Å². The Hall–Kier alpha value is -2.10. The van der Waals surface area contributed by atoms with Crippen LogP contribution in [0.4, 0.5) is 0 Å². The maximum atomic E-state index is 12.3. The highest BCUT2D eigenvalue weighted by atomic mass is 16.5. The van der Waals surface area contributed by atoms with Crippen LogP contribution in [-0.2, 0) is 19.1 Å². The lowest BCUT2D eigenvalue weighted by atomic mass is 9.74. The van der Waals surface area contributed by atoms with Crippen molar-refractivity contribution in [3.8, 4) is 0 Å². The van der Waals surface area contributed by atoms with Crippen molar-refractivity contribution in [1.29, 1.82) is 0 Å². The molecule has 0 saturated heterocycles. The molecule has 0 atom stereocenters. The third-order valence-electron chi connectivity index (χ3n) is 4.09. The first-order valence-electron chi connectivity index (χ1n) is 7.63. The molecule has 0 amide bonds. The second-order valence-corrected chi connectivity index (χ2v) is 5.62. The molecule has 1 aliphatic carbocycles. The van der Waals surface area contributed by atoms with Crippen molar-refractivity contribution in [2.45, 2.75) is 32.6 Å². The van der Waals surface area contributed by atoms with Crippen LogP contribution in [0.5, 0.6) is 0 Å². The van der Waals surface area contributed by atoms with Crippen molar-refractivity contribution in [3.05, 3.63) is 42.5 Å². The van der Waals surface area contributed by atoms with E-state index in [1.165, 1.54) is 0 Å². The smallest absolute Gasteiger partial charge is 0.315 e. The van der Waals surface area contributed by atoms with E-state index in [0.717, 1.165) is 5.56 Å². The summed E-state index contributed by atoms with van der Waals surface area (Å²) in [7, 11) is 0. The second-order valence-electron chi connectivity index (χ2n) is 5.62.